The van der Waals surface area contributed by atoms with E-state index in [2.05, 4.69) is 10.0 Å². The van der Waals surface area contributed by atoms with Gasteiger partial charge in [0.25, 0.3) is 5.69 Å². The molecule has 1 unspecified atom stereocenters. The third-order valence-corrected chi connectivity index (χ3v) is 5.93. The molecule has 2 rings (SSSR count). The summed E-state index contributed by atoms with van der Waals surface area (Å²) in [4.78, 5) is 10.5. The molecule has 0 amide bonds. The van der Waals surface area contributed by atoms with Crippen LogP contribution in [0.15, 0.2) is 17.0 Å². The molecule has 1 aliphatic rings. The minimum absolute atomic E-state index is 0.0905. The van der Waals surface area contributed by atoms with Crippen molar-refractivity contribution in [2.45, 2.75) is 38.0 Å². The lowest BCUT2D eigenvalue weighted by molar-refractivity contribution is -0.385. The molecule has 128 valence electrons. The number of non-ortho nitro benzene ring substituents is 1. The first kappa shape index (κ1) is 17.8. The lowest BCUT2D eigenvalue weighted by Crippen LogP contribution is -2.33. The first-order valence-corrected chi connectivity index (χ1v) is 9.25. The van der Waals surface area contributed by atoms with E-state index in [4.69, 9.17) is 0 Å². The van der Waals surface area contributed by atoms with Gasteiger partial charge in [0, 0.05) is 18.7 Å². The standard InChI is InChI=1S/C15H23N3O4S/c1-11-8-14(18(19)20)9-12(2)15(11)23(21,22)17-7-5-13-4-3-6-16-10-13/h8-9,13,16-17H,3-7,10H2,1-2H3. The quantitative estimate of drug-likeness (QED) is 0.608. The highest BCUT2D eigenvalue weighted by Crippen LogP contribution is 2.25. The van der Waals surface area contributed by atoms with Gasteiger partial charge < -0.3 is 5.32 Å². The first-order chi connectivity index (χ1) is 10.8. The Morgan fingerprint density at radius 1 is 1.35 bits per heavy atom. The number of hydrogen-bond acceptors (Lipinski definition) is 5. The van der Waals surface area contributed by atoms with E-state index in [1.54, 1.807) is 13.8 Å². The molecule has 2 N–H and O–H groups in total. The van der Waals surface area contributed by atoms with E-state index in [-0.39, 0.29) is 10.6 Å². The third kappa shape index (κ3) is 4.49. The Balaban J connectivity index is 2.08. The smallest absolute Gasteiger partial charge is 0.270 e. The first-order valence-electron chi connectivity index (χ1n) is 7.77. The van der Waals surface area contributed by atoms with Crippen LogP contribution in [0.4, 0.5) is 5.69 Å². The molecule has 0 aromatic heterocycles. The molecule has 1 aromatic rings. The molecule has 0 spiro atoms. The maximum absolute atomic E-state index is 12.5. The summed E-state index contributed by atoms with van der Waals surface area (Å²) in [5.41, 5.74) is 0.694. The minimum Gasteiger partial charge on any atom is -0.316 e. The van der Waals surface area contributed by atoms with Crippen molar-refractivity contribution in [1.82, 2.24) is 10.0 Å². The number of hydrogen-bond donors (Lipinski definition) is 2. The summed E-state index contributed by atoms with van der Waals surface area (Å²) < 4.78 is 27.6. The predicted octanol–water partition coefficient (Wildman–Crippen LogP) is 1.88. The number of nitro groups is 1. The Kier molecular flexibility index (Phi) is 5.72. The largest absolute Gasteiger partial charge is 0.316 e. The summed E-state index contributed by atoms with van der Waals surface area (Å²) >= 11 is 0. The monoisotopic (exact) mass is 341 g/mol. The van der Waals surface area contributed by atoms with Gasteiger partial charge in [0.1, 0.15) is 0 Å². The number of nitro benzene ring substituents is 1. The highest BCUT2D eigenvalue weighted by atomic mass is 32.2. The molecule has 1 atom stereocenters. The van der Waals surface area contributed by atoms with E-state index in [1.165, 1.54) is 12.1 Å². The number of benzene rings is 1. The maximum Gasteiger partial charge on any atom is 0.270 e. The zero-order valence-electron chi connectivity index (χ0n) is 13.5. The van der Waals surface area contributed by atoms with Gasteiger partial charge in [0.15, 0.2) is 0 Å². The number of rotatable bonds is 6. The Morgan fingerprint density at radius 2 is 2.00 bits per heavy atom. The summed E-state index contributed by atoms with van der Waals surface area (Å²) in [6, 6.07) is 2.60. The fourth-order valence-electron chi connectivity index (χ4n) is 3.10. The van der Waals surface area contributed by atoms with Gasteiger partial charge in [-0.15, -0.1) is 0 Å². The predicted molar refractivity (Wildman–Crippen MR) is 88.0 cm³/mol. The van der Waals surface area contributed by atoms with E-state index >= 15 is 0 Å². The molecule has 1 saturated heterocycles. The normalized spacial score (nSPS) is 18.8. The second kappa shape index (κ2) is 7.37. The Morgan fingerprint density at radius 3 is 2.52 bits per heavy atom. The molecule has 0 radical (unpaired) electrons. The highest BCUT2D eigenvalue weighted by Gasteiger charge is 2.23. The van der Waals surface area contributed by atoms with Gasteiger partial charge in [-0.1, -0.05) is 0 Å². The fraction of sp³-hybridized carbons (Fsp3) is 0.600. The number of nitrogens with one attached hydrogen (secondary N) is 2. The van der Waals surface area contributed by atoms with Crippen LogP contribution >= 0.6 is 0 Å². The topological polar surface area (TPSA) is 101 Å². The van der Waals surface area contributed by atoms with Crippen LogP contribution in [0.25, 0.3) is 0 Å². The molecule has 8 heteroatoms. The van der Waals surface area contributed by atoms with Crippen LogP contribution in [-0.4, -0.2) is 33.0 Å². The van der Waals surface area contributed by atoms with Crippen molar-refractivity contribution in [3.63, 3.8) is 0 Å². The molecule has 0 aliphatic carbocycles. The van der Waals surface area contributed by atoms with Crippen LogP contribution in [0.1, 0.15) is 30.4 Å². The summed E-state index contributed by atoms with van der Waals surface area (Å²) in [6.07, 6.45) is 3.03. The highest BCUT2D eigenvalue weighted by molar-refractivity contribution is 7.89. The average Bonchev–Trinajstić information content (AvgIpc) is 2.47. The number of sulfonamides is 1. The lowest BCUT2D eigenvalue weighted by Gasteiger charge is -2.22. The molecule has 1 aromatic carbocycles. The Hall–Kier alpha value is -1.51. The van der Waals surface area contributed by atoms with Gasteiger partial charge in [-0.2, -0.15) is 0 Å². The third-order valence-electron chi connectivity index (χ3n) is 4.17. The van der Waals surface area contributed by atoms with Gasteiger partial charge in [-0.3, -0.25) is 10.1 Å². The zero-order chi connectivity index (χ0) is 17.0. The van der Waals surface area contributed by atoms with Crippen molar-refractivity contribution < 1.29 is 13.3 Å². The van der Waals surface area contributed by atoms with E-state index in [0.29, 0.717) is 23.6 Å². The lowest BCUT2D eigenvalue weighted by atomic mass is 9.96. The number of aryl methyl sites for hydroxylation is 2. The Bertz CT molecular complexity index is 659. The van der Waals surface area contributed by atoms with Gasteiger partial charge in [0.2, 0.25) is 10.0 Å². The minimum atomic E-state index is -3.66. The Labute approximate surface area is 136 Å². The van der Waals surface area contributed by atoms with Crippen LogP contribution in [-0.2, 0) is 10.0 Å². The van der Waals surface area contributed by atoms with Gasteiger partial charge in [-0.25, -0.2) is 13.1 Å². The van der Waals surface area contributed by atoms with E-state index in [1.807, 2.05) is 0 Å². The molecule has 0 bridgehead atoms. The second-order valence-electron chi connectivity index (χ2n) is 6.06. The molecule has 1 fully saturated rings. The van der Waals surface area contributed by atoms with Gasteiger partial charge >= 0.3 is 0 Å². The van der Waals surface area contributed by atoms with Crippen molar-refractivity contribution in [1.29, 1.82) is 0 Å². The summed E-state index contributed by atoms with van der Waals surface area (Å²) in [5.74, 6) is 0.491. The van der Waals surface area contributed by atoms with Crippen molar-refractivity contribution >= 4 is 15.7 Å². The van der Waals surface area contributed by atoms with Crippen LogP contribution in [0.5, 0.6) is 0 Å². The van der Waals surface area contributed by atoms with E-state index in [0.717, 1.165) is 32.4 Å². The van der Waals surface area contributed by atoms with Crippen molar-refractivity contribution in [3.05, 3.63) is 33.4 Å². The van der Waals surface area contributed by atoms with Gasteiger partial charge in [-0.05, 0) is 63.2 Å². The molecular formula is C15H23N3O4S. The van der Waals surface area contributed by atoms with Crippen LogP contribution < -0.4 is 10.0 Å². The van der Waals surface area contributed by atoms with E-state index < -0.39 is 14.9 Å². The molecule has 7 nitrogen and oxygen atoms in total. The van der Waals surface area contributed by atoms with E-state index in [9.17, 15) is 18.5 Å². The molecular weight excluding hydrogens is 318 g/mol. The van der Waals surface area contributed by atoms with Crippen LogP contribution in [0.2, 0.25) is 0 Å². The van der Waals surface area contributed by atoms with Crippen molar-refractivity contribution in [2.75, 3.05) is 19.6 Å². The van der Waals surface area contributed by atoms with Crippen molar-refractivity contribution in [2.24, 2.45) is 5.92 Å². The zero-order valence-corrected chi connectivity index (χ0v) is 14.3. The molecule has 0 saturated carbocycles. The molecule has 1 heterocycles. The second-order valence-corrected chi connectivity index (χ2v) is 7.77. The summed E-state index contributed by atoms with van der Waals surface area (Å²) in [6.45, 7) is 5.50. The number of nitrogens with zero attached hydrogens (tertiary/aromatic N) is 1. The molecule has 23 heavy (non-hydrogen) atoms. The van der Waals surface area contributed by atoms with Gasteiger partial charge in [0.05, 0.1) is 9.82 Å². The summed E-state index contributed by atoms with van der Waals surface area (Å²) in [7, 11) is -3.66. The number of piperidine rings is 1. The fourth-order valence-corrected chi connectivity index (χ4v) is 4.59. The maximum atomic E-state index is 12.5. The van der Waals surface area contributed by atoms with Crippen LogP contribution in [0, 0.1) is 29.9 Å². The average molecular weight is 341 g/mol. The van der Waals surface area contributed by atoms with Crippen LogP contribution in [0.3, 0.4) is 0 Å². The summed E-state index contributed by atoms with van der Waals surface area (Å²) in [5, 5.41) is 14.2. The SMILES string of the molecule is Cc1cc([N+](=O)[O-])cc(C)c1S(=O)(=O)NCCC1CCCNC1. The molecule has 1 aliphatic heterocycles. The van der Waals surface area contributed by atoms with Crippen molar-refractivity contribution in [3.8, 4) is 0 Å².